The van der Waals surface area contributed by atoms with E-state index < -0.39 is 0 Å². The molecule has 74 valence electrons. The lowest BCUT2D eigenvalue weighted by atomic mass is 10.1. The van der Waals surface area contributed by atoms with E-state index in [1.54, 1.807) is 0 Å². The van der Waals surface area contributed by atoms with E-state index in [-0.39, 0.29) is 18.1 Å². The molecule has 0 aromatic rings. The molecule has 2 atom stereocenters. The van der Waals surface area contributed by atoms with E-state index in [1.807, 2.05) is 5.48 Å². The molecule has 0 amide bonds. The highest BCUT2D eigenvalue weighted by atomic mass is 16.5. The van der Waals surface area contributed by atoms with Crippen LogP contribution in [0.1, 0.15) is 19.3 Å². The van der Waals surface area contributed by atoms with Crippen molar-refractivity contribution in [2.75, 3.05) is 6.61 Å². The average Bonchev–Trinajstić information content (AvgIpc) is 2.88. The van der Waals surface area contributed by atoms with Crippen LogP contribution in [0.4, 0.5) is 0 Å². The van der Waals surface area contributed by atoms with Gasteiger partial charge in [-0.05, 0) is 25.2 Å². The van der Waals surface area contributed by atoms with Crippen molar-refractivity contribution in [1.29, 1.82) is 0 Å². The maximum absolute atomic E-state index is 8.49. The first-order valence-electron chi connectivity index (χ1n) is 4.66. The Morgan fingerprint density at radius 3 is 2.85 bits per heavy atom. The molecule has 1 saturated heterocycles. The zero-order chi connectivity index (χ0) is 9.26. The summed E-state index contributed by atoms with van der Waals surface area (Å²) >= 11 is 0. The molecule has 0 radical (unpaired) electrons. The molecule has 0 bridgehead atoms. The van der Waals surface area contributed by atoms with Crippen molar-refractivity contribution < 1.29 is 9.94 Å². The Labute approximate surface area is 76.9 Å². The van der Waals surface area contributed by atoms with Gasteiger partial charge in [-0.2, -0.15) is 0 Å². The van der Waals surface area contributed by atoms with Crippen molar-refractivity contribution >= 4 is 5.96 Å². The number of hydrogen-bond donors (Lipinski definition) is 3. The topological polar surface area (TPSA) is 79.9 Å². The van der Waals surface area contributed by atoms with Gasteiger partial charge in [0.2, 0.25) is 5.96 Å². The summed E-state index contributed by atoms with van der Waals surface area (Å²) in [6.45, 7) is 0.758. The van der Waals surface area contributed by atoms with Crippen molar-refractivity contribution in [2.45, 2.75) is 31.4 Å². The number of nitrogens with zero attached hydrogens (tertiary/aromatic N) is 1. The van der Waals surface area contributed by atoms with Gasteiger partial charge in [0.25, 0.3) is 0 Å². The monoisotopic (exact) mass is 185 g/mol. The maximum Gasteiger partial charge on any atom is 0.213 e. The van der Waals surface area contributed by atoms with Crippen LogP contribution in [0.2, 0.25) is 0 Å². The summed E-state index contributed by atoms with van der Waals surface area (Å²) in [6, 6.07) is 0.132. The third kappa shape index (κ3) is 1.92. The molecule has 5 nitrogen and oxygen atoms in total. The lowest BCUT2D eigenvalue weighted by Gasteiger charge is -2.14. The Morgan fingerprint density at radius 1 is 1.46 bits per heavy atom. The molecule has 1 saturated carbocycles. The largest absolute Gasteiger partial charge is 0.376 e. The van der Waals surface area contributed by atoms with E-state index >= 15 is 0 Å². The molecular weight excluding hydrogens is 170 g/mol. The zero-order valence-corrected chi connectivity index (χ0v) is 7.44. The third-order valence-corrected chi connectivity index (χ3v) is 2.61. The van der Waals surface area contributed by atoms with Gasteiger partial charge in [0.1, 0.15) is 0 Å². The lowest BCUT2D eigenvalue weighted by Crippen LogP contribution is -2.32. The quantitative estimate of drug-likeness (QED) is 0.317. The van der Waals surface area contributed by atoms with Gasteiger partial charge in [-0.25, -0.2) is 10.5 Å². The van der Waals surface area contributed by atoms with Crippen LogP contribution in [0.3, 0.4) is 0 Å². The Bertz CT molecular complexity index is 215. The third-order valence-electron chi connectivity index (χ3n) is 2.61. The van der Waals surface area contributed by atoms with Gasteiger partial charge < -0.3 is 10.5 Å². The Kier molecular flexibility index (Phi) is 2.37. The van der Waals surface area contributed by atoms with Gasteiger partial charge in [-0.1, -0.05) is 0 Å². The van der Waals surface area contributed by atoms with Crippen LogP contribution in [-0.2, 0) is 4.74 Å². The predicted molar refractivity (Wildman–Crippen MR) is 47.4 cm³/mol. The molecule has 2 rings (SSSR count). The molecule has 1 aliphatic heterocycles. The molecular formula is C8H15N3O2. The molecule has 2 unspecified atom stereocenters. The second-order valence-corrected chi connectivity index (χ2v) is 3.66. The normalized spacial score (nSPS) is 35.0. The Balaban J connectivity index is 1.96. The molecule has 2 aliphatic rings. The summed E-state index contributed by atoms with van der Waals surface area (Å²) in [5, 5.41) is 8.49. The molecule has 0 aromatic heterocycles. The standard InChI is InChI=1S/C8H15N3O2/c9-8(11-12)10-6-3-4-13-7(6)5-1-2-5/h5-7,12H,1-4H2,(H3,9,10,11). The maximum atomic E-state index is 8.49. The van der Waals surface area contributed by atoms with Gasteiger partial charge >= 0.3 is 0 Å². The molecule has 5 heteroatoms. The fraction of sp³-hybridized carbons (Fsp3) is 0.875. The lowest BCUT2D eigenvalue weighted by molar-refractivity contribution is 0.0872. The minimum absolute atomic E-state index is 0.0844. The minimum Gasteiger partial charge on any atom is -0.376 e. The number of aliphatic imine (C=N–C) groups is 1. The SMILES string of the molecule is NC(=NC1CCOC1C1CC1)NO. The Hall–Kier alpha value is -0.810. The van der Waals surface area contributed by atoms with Crippen LogP contribution in [-0.4, -0.2) is 29.9 Å². The molecule has 1 aliphatic carbocycles. The second kappa shape index (κ2) is 3.51. The van der Waals surface area contributed by atoms with Crippen LogP contribution in [0.15, 0.2) is 4.99 Å². The van der Waals surface area contributed by atoms with E-state index in [0.717, 1.165) is 13.0 Å². The van der Waals surface area contributed by atoms with Gasteiger partial charge in [0.15, 0.2) is 0 Å². The molecule has 1 heterocycles. The molecule has 2 fully saturated rings. The Morgan fingerprint density at radius 2 is 2.23 bits per heavy atom. The number of nitrogens with one attached hydrogen (secondary N) is 1. The summed E-state index contributed by atoms with van der Waals surface area (Å²) in [7, 11) is 0. The number of rotatable bonds is 2. The van der Waals surface area contributed by atoms with Crippen LogP contribution in [0, 0.1) is 5.92 Å². The first kappa shape index (κ1) is 8.77. The average molecular weight is 185 g/mol. The van der Waals surface area contributed by atoms with Crippen LogP contribution < -0.4 is 11.2 Å². The van der Waals surface area contributed by atoms with E-state index in [9.17, 15) is 0 Å². The van der Waals surface area contributed by atoms with Crippen molar-refractivity contribution in [2.24, 2.45) is 16.6 Å². The van der Waals surface area contributed by atoms with Crippen molar-refractivity contribution in [3.8, 4) is 0 Å². The van der Waals surface area contributed by atoms with Gasteiger partial charge in [-0.3, -0.25) is 5.21 Å². The molecule has 13 heavy (non-hydrogen) atoms. The summed E-state index contributed by atoms with van der Waals surface area (Å²) in [5.74, 6) is 0.754. The van der Waals surface area contributed by atoms with Crippen LogP contribution in [0.5, 0.6) is 0 Å². The van der Waals surface area contributed by atoms with Crippen molar-refractivity contribution in [3.63, 3.8) is 0 Å². The van der Waals surface area contributed by atoms with E-state index in [0.29, 0.717) is 5.92 Å². The number of hydroxylamine groups is 1. The summed E-state index contributed by atoms with van der Waals surface area (Å²) in [4.78, 5) is 4.15. The first-order chi connectivity index (χ1) is 6.31. The van der Waals surface area contributed by atoms with Gasteiger partial charge in [0, 0.05) is 6.61 Å². The zero-order valence-electron chi connectivity index (χ0n) is 7.44. The van der Waals surface area contributed by atoms with E-state index in [2.05, 4.69) is 4.99 Å². The van der Waals surface area contributed by atoms with E-state index in [1.165, 1.54) is 12.8 Å². The van der Waals surface area contributed by atoms with Gasteiger partial charge in [0.05, 0.1) is 12.1 Å². The fourth-order valence-corrected chi connectivity index (χ4v) is 1.82. The van der Waals surface area contributed by atoms with Crippen molar-refractivity contribution in [1.82, 2.24) is 5.48 Å². The van der Waals surface area contributed by atoms with E-state index in [4.69, 9.17) is 15.7 Å². The smallest absolute Gasteiger partial charge is 0.213 e. The minimum atomic E-state index is 0.0844. The fourth-order valence-electron chi connectivity index (χ4n) is 1.82. The first-order valence-corrected chi connectivity index (χ1v) is 4.66. The van der Waals surface area contributed by atoms with Crippen molar-refractivity contribution in [3.05, 3.63) is 0 Å². The van der Waals surface area contributed by atoms with Crippen LogP contribution in [0.25, 0.3) is 0 Å². The summed E-state index contributed by atoms with van der Waals surface area (Å²) in [6.07, 6.45) is 3.61. The summed E-state index contributed by atoms with van der Waals surface area (Å²) in [5.41, 5.74) is 7.21. The summed E-state index contributed by atoms with van der Waals surface area (Å²) < 4.78 is 5.56. The highest BCUT2D eigenvalue weighted by Gasteiger charge is 2.40. The number of hydrogen-bond acceptors (Lipinski definition) is 3. The highest BCUT2D eigenvalue weighted by molar-refractivity contribution is 5.76. The second-order valence-electron chi connectivity index (χ2n) is 3.66. The number of ether oxygens (including phenoxy) is 1. The highest BCUT2D eigenvalue weighted by Crippen LogP contribution is 2.39. The van der Waals surface area contributed by atoms with Crippen LogP contribution >= 0.6 is 0 Å². The number of nitrogens with two attached hydrogens (primary N) is 1. The van der Waals surface area contributed by atoms with Gasteiger partial charge in [-0.15, -0.1) is 0 Å². The molecule has 4 N–H and O–H groups in total. The molecule has 0 spiro atoms. The number of guanidine groups is 1. The molecule has 0 aromatic carbocycles. The predicted octanol–water partition coefficient (Wildman–Crippen LogP) is -0.153.